The van der Waals surface area contributed by atoms with Crippen LogP contribution in [0.3, 0.4) is 0 Å². The summed E-state index contributed by atoms with van der Waals surface area (Å²) < 4.78 is 0. The third-order valence-corrected chi connectivity index (χ3v) is 3.06. The molecule has 2 rings (SSSR count). The summed E-state index contributed by atoms with van der Waals surface area (Å²) >= 11 is 6.02. The number of rotatable bonds is 2. The number of nitrogens with two attached hydrogens (primary N) is 1. The van der Waals surface area contributed by atoms with E-state index in [1.807, 2.05) is 0 Å². The lowest BCUT2D eigenvalue weighted by molar-refractivity contribution is -0.127. The van der Waals surface area contributed by atoms with Crippen molar-refractivity contribution in [2.75, 3.05) is 24.6 Å². The maximum atomic E-state index is 11.7. The fraction of sp³-hybridized carbons (Fsp3) is 0.364. The molecule has 1 amide bonds. The van der Waals surface area contributed by atoms with Crippen LogP contribution in [0.5, 0.6) is 0 Å². The Bertz CT molecular complexity index is 422. The molecule has 1 aliphatic rings. The van der Waals surface area contributed by atoms with Crippen molar-refractivity contribution in [1.29, 1.82) is 0 Å². The maximum absolute atomic E-state index is 11.7. The molecule has 0 saturated carbocycles. The number of likely N-dealkylation sites (N-methyl/N-ethyl adjacent to an activating group) is 1. The van der Waals surface area contributed by atoms with Crippen molar-refractivity contribution < 1.29 is 4.79 Å². The lowest BCUT2D eigenvalue weighted by atomic mass is 10.2. The van der Waals surface area contributed by atoms with E-state index in [9.17, 15) is 4.79 Å². The summed E-state index contributed by atoms with van der Waals surface area (Å²) in [5.41, 5.74) is 6.97. The molecule has 1 aromatic rings. The zero-order chi connectivity index (χ0) is 11.7. The monoisotopic (exact) mass is 239 g/mol. The fourth-order valence-corrected chi connectivity index (χ4v) is 2.04. The molecule has 0 bridgehead atoms. The molecule has 1 fully saturated rings. The molecule has 1 heterocycles. The summed E-state index contributed by atoms with van der Waals surface area (Å²) in [4.78, 5) is 13.4. The maximum Gasteiger partial charge on any atom is 0.244 e. The number of hydrogen-bond acceptors (Lipinski definition) is 3. The normalized spacial score (nSPS) is 20.2. The standard InChI is InChI=1S/C11H14ClN3O/c1-15-5-4-10(11(15)16)14-9-3-2-7(13)6-8(9)12/h2-3,6,10,14H,4-5,13H2,1H3. The molecule has 0 aromatic heterocycles. The summed E-state index contributed by atoms with van der Waals surface area (Å²) in [5.74, 6) is 0.105. The van der Waals surface area contributed by atoms with Gasteiger partial charge in [0.1, 0.15) is 6.04 Å². The molecule has 1 atom stereocenters. The second kappa shape index (κ2) is 4.22. The highest BCUT2D eigenvalue weighted by molar-refractivity contribution is 6.33. The van der Waals surface area contributed by atoms with E-state index in [1.54, 1.807) is 30.1 Å². The van der Waals surface area contributed by atoms with Gasteiger partial charge in [0.2, 0.25) is 5.91 Å². The third kappa shape index (κ3) is 2.07. The Morgan fingerprint density at radius 2 is 2.31 bits per heavy atom. The summed E-state index contributed by atoms with van der Waals surface area (Å²) in [6.07, 6.45) is 0.802. The first kappa shape index (κ1) is 11.1. The highest BCUT2D eigenvalue weighted by Crippen LogP contribution is 2.26. The first-order chi connectivity index (χ1) is 7.58. The van der Waals surface area contributed by atoms with Gasteiger partial charge in [-0.2, -0.15) is 0 Å². The first-order valence-corrected chi connectivity index (χ1v) is 5.52. The molecule has 0 spiro atoms. The number of anilines is 2. The van der Waals surface area contributed by atoms with Crippen LogP contribution in [-0.2, 0) is 4.79 Å². The van der Waals surface area contributed by atoms with Crippen LogP contribution in [0.25, 0.3) is 0 Å². The SMILES string of the molecule is CN1CCC(Nc2ccc(N)cc2Cl)C1=O. The van der Waals surface area contributed by atoms with Gasteiger partial charge in [-0.15, -0.1) is 0 Å². The third-order valence-electron chi connectivity index (χ3n) is 2.75. The van der Waals surface area contributed by atoms with E-state index in [4.69, 9.17) is 17.3 Å². The summed E-state index contributed by atoms with van der Waals surface area (Å²) in [6.45, 7) is 0.781. The Morgan fingerprint density at radius 3 is 2.88 bits per heavy atom. The number of carbonyl (C=O) groups is 1. The quantitative estimate of drug-likeness (QED) is 0.771. The molecule has 16 heavy (non-hydrogen) atoms. The van der Waals surface area contributed by atoms with Crippen LogP contribution in [0.4, 0.5) is 11.4 Å². The minimum Gasteiger partial charge on any atom is -0.399 e. The summed E-state index contributed by atoms with van der Waals surface area (Å²) in [5, 5.41) is 3.68. The first-order valence-electron chi connectivity index (χ1n) is 5.14. The number of nitrogens with zero attached hydrogens (tertiary/aromatic N) is 1. The van der Waals surface area contributed by atoms with E-state index in [0.29, 0.717) is 10.7 Å². The Kier molecular flexibility index (Phi) is 2.92. The highest BCUT2D eigenvalue weighted by atomic mass is 35.5. The van der Waals surface area contributed by atoms with Crippen LogP contribution in [0.15, 0.2) is 18.2 Å². The van der Waals surface area contributed by atoms with Crippen molar-refractivity contribution in [2.24, 2.45) is 0 Å². The number of halogens is 1. The van der Waals surface area contributed by atoms with Crippen LogP contribution < -0.4 is 11.1 Å². The van der Waals surface area contributed by atoms with Gasteiger partial charge >= 0.3 is 0 Å². The van der Waals surface area contributed by atoms with E-state index in [2.05, 4.69) is 5.32 Å². The number of benzene rings is 1. The van der Waals surface area contributed by atoms with Crippen LogP contribution in [0, 0.1) is 0 Å². The molecule has 3 N–H and O–H groups in total. The van der Waals surface area contributed by atoms with Crippen molar-refractivity contribution in [3.63, 3.8) is 0 Å². The van der Waals surface area contributed by atoms with E-state index in [1.165, 1.54) is 0 Å². The minimum atomic E-state index is -0.175. The molecule has 5 heteroatoms. The topological polar surface area (TPSA) is 58.4 Å². The molecule has 4 nitrogen and oxygen atoms in total. The Labute approximate surface area is 99.4 Å². The van der Waals surface area contributed by atoms with Crippen molar-refractivity contribution in [2.45, 2.75) is 12.5 Å². The van der Waals surface area contributed by atoms with Gasteiger partial charge in [0.05, 0.1) is 10.7 Å². The second-order valence-corrected chi connectivity index (χ2v) is 4.39. The number of likely N-dealkylation sites (tertiary alicyclic amines) is 1. The number of hydrogen-bond donors (Lipinski definition) is 2. The number of nitrogen functional groups attached to an aromatic ring is 1. The minimum absolute atomic E-state index is 0.105. The molecule has 1 aromatic carbocycles. The average molecular weight is 240 g/mol. The zero-order valence-corrected chi connectivity index (χ0v) is 9.79. The lowest BCUT2D eigenvalue weighted by Crippen LogP contribution is -2.31. The van der Waals surface area contributed by atoms with Gasteiger partial charge < -0.3 is 16.0 Å². The number of carbonyl (C=O) groups excluding carboxylic acids is 1. The van der Waals surface area contributed by atoms with Crippen LogP contribution in [-0.4, -0.2) is 30.4 Å². The van der Waals surface area contributed by atoms with Crippen molar-refractivity contribution in [3.8, 4) is 0 Å². The highest BCUT2D eigenvalue weighted by Gasteiger charge is 2.29. The van der Waals surface area contributed by atoms with E-state index >= 15 is 0 Å². The summed E-state index contributed by atoms with van der Waals surface area (Å²) in [6, 6.07) is 5.05. The van der Waals surface area contributed by atoms with Gasteiger partial charge in [-0.1, -0.05) is 11.6 Å². The Hall–Kier alpha value is -1.42. The molecular formula is C11H14ClN3O. The zero-order valence-electron chi connectivity index (χ0n) is 9.03. The molecular weight excluding hydrogens is 226 g/mol. The smallest absolute Gasteiger partial charge is 0.244 e. The van der Waals surface area contributed by atoms with Gasteiger partial charge in [0.25, 0.3) is 0 Å². The number of amides is 1. The lowest BCUT2D eigenvalue weighted by Gasteiger charge is -2.14. The van der Waals surface area contributed by atoms with Gasteiger partial charge in [0.15, 0.2) is 0 Å². The fourth-order valence-electron chi connectivity index (χ4n) is 1.79. The largest absolute Gasteiger partial charge is 0.399 e. The van der Waals surface area contributed by atoms with Crippen molar-refractivity contribution in [1.82, 2.24) is 4.90 Å². The number of nitrogens with one attached hydrogen (secondary N) is 1. The van der Waals surface area contributed by atoms with Crippen LogP contribution >= 0.6 is 11.6 Å². The van der Waals surface area contributed by atoms with Gasteiger partial charge in [-0.05, 0) is 24.6 Å². The second-order valence-electron chi connectivity index (χ2n) is 3.98. The van der Waals surface area contributed by atoms with E-state index in [-0.39, 0.29) is 11.9 Å². The summed E-state index contributed by atoms with van der Waals surface area (Å²) in [7, 11) is 1.80. The molecule has 0 aliphatic carbocycles. The van der Waals surface area contributed by atoms with Crippen molar-refractivity contribution >= 4 is 28.9 Å². The predicted molar refractivity (Wildman–Crippen MR) is 65.5 cm³/mol. The molecule has 86 valence electrons. The Balaban J connectivity index is 2.12. The van der Waals surface area contributed by atoms with Gasteiger partial charge in [-0.3, -0.25) is 4.79 Å². The average Bonchev–Trinajstić information content (AvgIpc) is 2.54. The Morgan fingerprint density at radius 1 is 1.56 bits per heavy atom. The van der Waals surface area contributed by atoms with Crippen molar-refractivity contribution in [3.05, 3.63) is 23.2 Å². The molecule has 1 unspecified atom stereocenters. The molecule has 1 aliphatic heterocycles. The van der Waals surface area contributed by atoms with Gasteiger partial charge in [-0.25, -0.2) is 0 Å². The van der Waals surface area contributed by atoms with E-state index < -0.39 is 0 Å². The molecule has 0 radical (unpaired) electrons. The van der Waals surface area contributed by atoms with E-state index in [0.717, 1.165) is 18.7 Å². The van der Waals surface area contributed by atoms with Crippen LogP contribution in [0.1, 0.15) is 6.42 Å². The molecule has 1 saturated heterocycles. The predicted octanol–water partition coefficient (Wildman–Crippen LogP) is 1.56. The van der Waals surface area contributed by atoms with Gasteiger partial charge in [0, 0.05) is 19.3 Å². The van der Waals surface area contributed by atoms with Crippen LogP contribution in [0.2, 0.25) is 5.02 Å².